The van der Waals surface area contributed by atoms with E-state index in [1.807, 2.05) is 44.2 Å². The highest BCUT2D eigenvalue weighted by atomic mass is 16.5. The van der Waals surface area contributed by atoms with Crippen LogP contribution < -0.4 is 9.47 Å². The molecule has 3 heteroatoms. The zero-order chi connectivity index (χ0) is 28.3. The van der Waals surface area contributed by atoms with Crippen molar-refractivity contribution in [3.63, 3.8) is 0 Å². The quantitative estimate of drug-likeness (QED) is 0.202. The third kappa shape index (κ3) is 7.82. The van der Waals surface area contributed by atoms with Crippen molar-refractivity contribution in [2.45, 2.75) is 51.2 Å². The van der Waals surface area contributed by atoms with Crippen LogP contribution in [0.2, 0.25) is 0 Å². The summed E-state index contributed by atoms with van der Waals surface area (Å²) in [6.07, 6.45) is 2.28. The van der Waals surface area contributed by atoms with Crippen molar-refractivity contribution in [1.29, 1.82) is 0 Å². The van der Waals surface area contributed by atoms with E-state index in [1.54, 1.807) is 0 Å². The normalized spacial score (nSPS) is 15.6. The standard InChI is InChI=1S/C38H36O3/c1-29(2)39-25-11-3-4-12-26-40-34-20-17-32(18-21-34)38-36(31-15-9-6-10-16-31)23-19-33-27-35(22-24-37(33)38)41-28-30-13-7-5-8-14-30/h5-10,13-18,20-22,24,27,29,36,38H,19,23,25-26,28H2,1-2H3/t36-,38+/m1/s1. The van der Waals surface area contributed by atoms with E-state index in [0.29, 0.717) is 25.7 Å². The van der Waals surface area contributed by atoms with E-state index in [9.17, 15) is 0 Å². The molecule has 3 nitrogen and oxygen atoms in total. The molecule has 0 spiro atoms. The highest BCUT2D eigenvalue weighted by molar-refractivity contribution is 5.48. The molecular weight excluding hydrogens is 504 g/mol. The fourth-order valence-corrected chi connectivity index (χ4v) is 5.36. The molecule has 1 aliphatic rings. The van der Waals surface area contributed by atoms with Crippen LogP contribution in [0.15, 0.2) is 103 Å². The number of hydrogen-bond acceptors (Lipinski definition) is 3. The summed E-state index contributed by atoms with van der Waals surface area (Å²) in [7, 11) is 0. The van der Waals surface area contributed by atoms with E-state index in [4.69, 9.17) is 14.2 Å². The Morgan fingerprint density at radius 2 is 1.39 bits per heavy atom. The van der Waals surface area contributed by atoms with Crippen LogP contribution in [0, 0.1) is 23.7 Å². The number of ether oxygens (including phenoxy) is 3. The number of fused-ring (bicyclic) bond motifs is 1. The third-order valence-electron chi connectivity index (χ3n) is 7.33. The molecule has 4 aromatic rings. The lowest BCUT2D eigenvalue weighted by molar-refractivity contribution is 0.107. The predicted octanol–water partition coefficient (Wildman–Crippen LogP) is 7.94. The lowest BCUT2D eigenvalue weighted by Gasteiger charge is -2.35. The summed E-state index contributed by atoms with van der Waals surface area (Å²) >= 11 is 0. The van der Waals surface area contributed by atoms with Crippen LogP contribution in [0.5, 0.6) is 11.5 Å². The maximum Gasteiger partial charge on any atom is 0.150 e. The van der Waals surface area contributed by atoms with Crippen molar-refractivity contribution >= 4 is 0 Å². The van der Waals surface area contributed by atoms with E-state index >= 15 is 0 Å². The van der Waals surface area contributed by atoms with Crippen LogP contribution in [0.1, 0.15) is 59.9 Å². The first-order valence-corrected chi connectivity index (χ1v) is 14.3. The molecule has 1 aliphatic carbocycles. The minimum Gasteiger partial charge on any atom is -0.489 e. The van der Waals surface area contributed by atoms with Crippen LogP contribution >= 0.6 is 0 Å². The summed E-state index contributed by atoms with van der Waals surface area (Å²) in [6, 6.07) is 36.3. The van der Waals surface area contributed by atoms with Gasteiger partial charge in [-0.25, -0.2) is 0 Å². The van der Waals surface area contributed by atoms with Gasteiger partial charge in [0.2, 0.25) is 0 Å². The van der Waals surface area contributed by atoms with Crippen LogP contribution in [0.4, 0.5) is 0 Å². The zero-order valence-electron chi connectivity index (χ0n) is 23.8. The van der Waals surface area contributed by atoms with E-state index < -0.39 is 0 Å². The molecule has 2 atom stereocenters. The van der Waals surface area contributed by atoms with E-state index in [0.717, 1.165) is 24.3 Å². The van der Waals surface area contributed by atoms with Gasteiger partial charge in [0.1, 0.15) is 31.3 Å². The Morgan fingerprint density at radius 3 is 2.12 bits per heavy atom. The van der Waals surface area contributed by atoms with E-state index in [2.05, 4.69) is 96.5 Å². The highest BCUT2D eigenvalue weighted by Crippen LogP contribution is 2.47. The topological polar surface area (TPSA) is 27.7 Å². The summed E-state index contributed by atoms with van der Waals surface area (Å²) in [5.41, 5.74) is 6.57. The van der Waals surface area contributed by atoms with Gasteiger partial charge < -0.3 is 14.2 Å². The molecule has 41 heavy (non-hydrogen) atoms. The molecule has 0 radical (unpaired) electrons. The van der Waals surface area contributed by atoms with Gasteiger partial charge in [-0.3, -0.25) is 0 Å². The second-order valence-electron chi connectivity index (χ2n) is 10.5. The maximum atomic E-state index is 6.17. The molecule has 4 aromatic carbocycles. The number of benzene rings is 4. The van der Waals surface area contributed by atoms with Gasteiger partial charge in [-0.05, 0) is 102 Å². The van der Waals surface area contributed by atoms with Gasteiger partial charge in [-0.15, -0.1) is 0 Å². The molecule has 0 N–H and O–H groups in total. The molecule has 0 saturated heterocycles. The summed E-state index contributed by atoms with van der Waals surface area (Å²) in [4.78, 5) is 0. The first kappa shape index (κ1) is 28.1. The zero-order valence-corrected chi connectivity index (χ0v) is 23.8. The molecule has 5 rings (SSSR count). The van der Waals surface area contributed by atoms with Gasteiger partial charge in [0, 0.05) is 5.92 Å². The van der Waals surface area contributed by atoms with Crippen LogP contribution in [0.25, 0.3) is 0 Å². The molecule has 0 saturated carbocycles. The molecule has 0 heterocycles. The molecule has 0 bridgehead atoms. The average molecular weight is 541 g/mol. The molecular formula is C38H36O3. The van der Waals surface area contributed by atoms with Gasteiger partial charge in [0.05, 0.1) is 6.10 Å². The first-order chi connectivity index (χ1) is 20.2. The molecule has 0 aromatic heterocycles. The van der Waals surface area contributed by atoms with Crippen molar-refractivity contribution in [3.8, 4) is 35.2 Å². The van der Waals surface area contributed by atoms with Crippen molar-refractivity contribution < 1.29 is 14.2 Å². The number of rotatable bonds is 9. The van der Waals surface area contributed by atoms with Gasteiger partial charge in [0.25, 0.3) is 0 Å². The average Bonchev–Trinajstić information content (AvgIpc) is 3.02. The van der Waals surface area contributed by atoms with Crippen molar-refractivity contribution in [1.82, 2.24) is 0 Å². The monoisotopic (exact) mass is 540 g/mol. The van der Waals surface area contributed by atoms with Gasteiger partial charge >= 0.3 is 0 Å². The Morgan fingerprint density at radius 1 is 0.707 bits per heavy atom. The number of hydrogen-bond donors (Lipinski definition) is 0. The lowest BCUT2D eigenvalue weighted by atomic mass is 9.69. The van der Waals surface area contributed by atoms with Crippen LogP contribution in [0.3, 0.4) is 0 Å². The van der Waals surface area contributed by atoms with Crippen LogP contribution in [-0.4, -0.2) is 19.3 Å². The molecule has 0 aliphatic heterocycles. The molecule has 0 unspecified atom stereocenters. The number of aryl methyl sites for hydroxylation is 1. The molecule has 206 valence electrons. The van der Waals surface area contributed by atoms with Crippen molar-refractivity contribution in [3.05, 3.63) is 131 Å². The minimum atomic E-state index is 0.171. The van der Waals surface area contributed by atoms with Gasteiger partial charge in [-0.2, -0.15) is 0 Å². The van der Waals surface area contributed by atoms with Crippen molar-refractivity contribution in [2.75, 3.05) is 13.2 Å². The molecule has 0 fully saturated rings. The second-order valence-corrected chi connectivity index (χ2v) is 10.5. The second kappa shape index (κ2) is 14.3. The van der Waals surface area contributed by atoms with Crippen LogP contribution in [-0.2, 0) is 17.8 Å². The van der Waals surface area contributed by atoms with E-state index in [-0.39, 0.29) is 12.0 Å². The summed E-state index contributed by atoms with van der Waals surface area (Å²) < 4.78 is 17.4. The third-order valence-corrected chi connectivity index (χ3v) is 7.33. The summed E-state index contributed by atoms with van der Waals surface area (Å²) in [5, 5.41) is 0. The lowest BCUT2D eigenvalue weighted by Crippen LogP contribution is -2.20. The smallest absolute Gasteiger partial charge is 0.150 e. The summed E-state index contributed by atoms with van der Waals surface area (Å²) in [6.45, 7) is 5.23. The maximum absolute atomic E-state index is 6.17. The van der Waals surface area contributed by atoms with Gasteiger partial charge in [-0.1, -0.05) is 84.8 Å². The minimum absolute atomic E-state index is 0.171. The predicted molar refractivity (Wildman–Crippen MR) is 165 cm³/mol. The Bertz CT molecular complexity index is 1520. The Hall–Kier alpha value is -4.44. The Labute approximate surface area is 244 Å². The first-order valence-electron chi connectivity index (χ1n) is 14.3. The Kier molecular flexibility index (Phi) is 9.78. The fraction of sp³-hybridized carbons (Fsp3) is 0.263. The van der Waals surface area contributed by atoms with Crippen molar-refractivity contribution in [2.24, 2.45) is 0 Å². The Balaban J connectivity index is 1.31. The van der Waals surface area contributed by atoms with Gasteiger partial charge in [0.15, 0.2) is 0 Å². The fourth-order valence-electron chi connectivity index (χ4n) is 5.36. The highest BCUT2D eigenvalue weighted by Gasteiger charge is 2.32. The summed E-state index contributed by atoms with van der Waals surface area (Å²) in [5.74, 6) is 13.9. The van der Waals surface area contributed by atoms with E-state index in [1.165, 1.54) is 27.8 Å². The molecule has 0 amide bonds. The largest absolute Gasteiger partial charge is 0.489 e. The SMILES string of the molecule is CC(C)OCC#CC#CCOc1ccc([C@@H]2c3ccc(OCc4ccccc4)cc3CC[C@@H]2c2ccccc2)cc1.